The Morgan fingerprint density at radius 2 is 1.68 bits per heavy atom. The summed E-state index contributed by atoms with van der Waals surface area (Å²) in [6.07, 6.45) is 6.53. The Labute approximate surface area is 191 Å². The van der Waals surface area contributed by atoms with Gasteiger partial charge in [0, 0.05) is 22.8 Å². The number of carboxylic acids is 1. The van der Waals surface area contributed by atoms with Crippen LogP contribution in [-0.4, -0.2) is 15.6 Å². The Hall–Kier alpha value is -1.72. The van der Waals surface area contributed by atoms with E-state index < -0.39 is 11.4 Å². The average Bonchev–Trinajstić information content (AvgIpc) is 3.03. The van der Waals surface area contributed by atoms with Gasteiger partial charge in [-0.3, -0.25) is 9.93 Å². The molecule has 1 saturated carbocycles. The van der Waals surface area contributed by atoms with Crippen molar-refractivity contribution >= 4 is 17.9 Å². The van der Waals surface area contributed by atoms with Crippen LogP contribution in [0.15, 0.2) is 29.2 Å². The van der Waals surface area contributed by atoms with Crippen LogP contribution in [0.1, 0.15) is 83.5 Å². The van der Waals surface area contributed by atoms with Crippen LogP contribution < -0.4 is 5.14 Å². The number of carboxylic acid groups (broad SMARTS) is 1. The van der Waals surface area contributed by atoms with E-state index in [-0.39, 0.29) is 5.41 Å². The summed E-state index contributed by atoms with van der Waals surface area (Å²) in [7, 11) is 0. The molecule has 1 aliphatic rings. The lowest BCUT2D eigenvalue weighted by Crippen LogP contribution is -2.29. The van der Waals surface area contributed by atoms with Crippen molar-refractivity contribution in [3.05, 3.63) is 41.1 Å². The fourth-order valence-corrected chi connectivity index (χ4v) is 5.00. The minimum absolute atomic E-state index is 0.0827. The van der Waals surface area contributed by atoms with Crippen molar-refractivity contribution in [1.29, 1.82) is 0 Å². The van der Waals surface area contributed by atoms with Gasteiger partial charge in [0.25, 0.3) is 0 Å². The molecule has 1 aromatic heterocycles. The number of benzene rings is 1. The summed E-state index contributed by atoms with van der Waals surface area (Å²) in [5.74, 6) is -0.119. The lowest BCUT2D eigenvalue weighted by atomic mass is 9.78. The van der Waals surface area contributed by atoms with E-state index in [1.807, 2.05) is 0 Å². The summed E-state index contributed by atoms with van der Waals surface area (Å²) in [6.45, 7) is 13.3. The molecule has 31 heavy (non-hydrogen) atoms. The van der Waals surface area contributed by atoms with Gasteiger partial charge in [0.2, 0.25) is 0 Å². The van der Waals surface area contributed by atoms with E-state index in [1.54, 1.807) is 13.8 Å². The Morgan fingerprint density at radius 3 is 2.23 bits per heavy atom. The van der Waals surface area contributed by atoms with Crippen molar-refractivity contribution in [2.75, 3.05) is 0 Å². The second-order valence-electron chi connectivity index (χ2n) is 10.7. The van der Waals surface area contributed by atoms with Crippen molar-refractivity contribution in [3.63, 3.8) is 0 Å². The highest BCUT2D eigenvalue weighted by Gasteiger charge is 2.32. The number of rotatable bonds is 6. The minimum atomic E-state index is -0.961. The first-order chi connectivity index (χ1) is 14.4. The van der Waals surface area contributed by atoms with Gasteiger partial charge in [-0.15, -0.1) is 0 Å². The molecule has 0 unspecified atom stereocenters. The van der Waals surface area contributed by atoms with Crippen molar-refractivity contribution in [3.8, 4) is 11.3 Å². The number of carbonyl (C=O) groups is 1. The van der Waals surface area contributed by atoms with E-state index in [2.05, 4.69) is 56.5 Å². The molecule has 0 bridgehead atoms. The molecule has 1 aliphatic carbocycles. The largest absolute Gasteiger partial charge is 0.481 e. The molecule has 170 valence electrons. The summed E-state index contributed by atoms with van der Waals surface area (Å²) in [6, 6.07) is 8.55. The van der Waals surface area contributed by atoms with Gasteiger partial charge in [0.15, 0.2) is 0 Å². The molecule has 1 aromatic carbocycles. The van der Waals surface area contributed by atoms with Crippen LogP contribution in [-0.2, 0) is 22.2 Å². The fourth-order valence-electron chi connectivity index (χ4n) is 4.53. The maximum Gasteiger partial charge on any atom is 0.313 e. The highest BCUT2D eigenvalue weighted by atomic mass is 32.2. The zero-order chi connectivity index (χ0) is 23.0. The third-order valence-corrected chi connectivity index (χ3v) is 7.63. The molecule has 3 rings (SSSR count). The molecule has 0 aliphatic heterocycles. The van der Waals surface area contributed by atoms with Gasteiger partial charge in [-0.05, 0) is 91.8 Å². The third-order valence-electron chi connectivity index (χ3n) is 6.96. The number of nitrogens with two attached hydrogens (primary N) is 1. The monoisotopic (exact) mass is 442 g/mol. The molecule has 4 nitrogen and oxygen atoms in total. The normalized spacial score (nSPS) is 16.0. The summed E-state index contributed by atoms with van der Waals surface area (Å²) in [5.41, 5.74) is 4.37. The highest BCUT2D eigenvalue weighted by molar-refractivity contribution is 7.97. The SMILES string of the molecule is Cc1c(SN)cc(-c2cc(C(C)(C)C)cc(C(C)(C)C(=O)O)c2)n1CC1CCCCC1. The van der Waals surface area contributed by atoms with Gasteiger partial charge in [-0.2, -0.15) is 0 Å². The Kier molecular flexibility index (Phi) is 6.97. The zero-order valence-corrected chi connectivity index (χ0v) is 20.7. The number of aromatic nitrogens is 1. The van der Waals surface area contributed by atoms with Crippen LogP contribution in [0.5, 0.6) is 0 Å². The highest BCUT2D eigenvalue weighted by Crippen LogP contribution is 2.38. The first-order valence-electron chi connectivity index (χ1n) is 11.4. The summed E-state index contributed by atoms with van der Waals surface area (Å²) >= 11 is 1.30. The van der Waals surface area contributed by atoms with Crippen LogP contribution >= 0.6 is 11.9 Å². The molecule has 5 heteroatoms. The third kappa shape index (κ3) is 5.04. The second-order valence-corrected chi connectivity index (χ2v) is 11.4. The lowest BCUT2D eigenvalue weighted by Gasteiger charge is -2.27. The van der Waals surface area contributed by atoms with E-state index in [4.69, 9.17) is 5.14 Å². The van der Waals surface area contributed by atoms with Gasteiger partial charge in [0.1, 0.15) is 0 Å². The molecule has 1 fully saturated rings. The molecule has 0 spiro atoms. The molecule has 3 N–H and O–H groups in total. The maximum absolute atomic E-state index is 12.0. The summed E-state index contributed by atoms with van der Waals surface area (Å²) < 4.78 is 2.42. The van der Waals surface area contributed by atoms with Crippen molar-refractivity contribution in [2.45, 2.75) is 95.9 Å². The molecule has 2 aromatic rings. The van der Waals surface area contributed by atoms with Crippen LogP contribution in [0.4, 0.5) is 0 Å². The fraction of sp³-hybridized carbons (Fsp3) is 0.577. The summed E-state index contributed by atoms with van der Waals surface area (Å²) in [4.78, 5) is 13.1. The predicted octanol–water partition coefficient (Wildman–Crippen LogP) is 6.67. The van der Waals surface area contributed by atoms with E-state index in [9.17, 15) is 9.90 Å². The first-order valence-corrected chi connectivity index (χ1v) is 12.3. The van der Waals surface area contributed by atoms with E-state index in [0.29, 0.717) is 5.92 Å². The second kappa shape index (κ2) is 9.03. The van der Waals surface area contributed by atoms with E-state index in [1.165, 1.54) is 49.7 Å². The van der Waals surface area contributed by atoms with Crippen LogP contribution in [0.2, 0.25) is 0 Å². The Morgan fingerprint density at radius 1 is 1.06 bits per heavy atom. The smallest absolute Gasteiger partial charge is 0.313 e. The minimum Gasteiger partial charge on any atom is -0.481 e. The number of hydrogen-bond acceptors (Lipinski definition) is 3. The topological polar surface area (TPSA) is 68.2 Å². The zero-order valence-electron chi connectivity index (χ0n) is 19.9. The number of aliphatic carboxylic acids is 1. The molecule has 0 saturated heterocycles. The number of hydrogen-bond donors (Lipinski definition) is 2. The Balaban J connectivity index is 2.18. The number of nitrogens with zero attached hydrogens (tertiary/aromatic N) is 1. The maximum atomic E-state index is 12.0. The molecule has 0 radical (unpaired) electrons. The quantitative estimate of drug-likeness (QED) is 0.490. The predicted molar refractivity (Wildman–Crippen MR) is 131 cm³/mol. The molecular weight excluding hydrogens is 404 g/mol. The lowest BCUT2D eigenvalue weighted by molar-refractivity contribution is -0.142. The van der Waals surface area contributed by atoms with Crippen molar-refractivity contribution in [1.82, 2.24) is 4.57 Å². The standard InChI is InChI=1S/C26H38N2O2S/c1-17-23(31-27)15-22(28(17)16-18-10-8-7-9-11-18)19-12-20(25(2,3)4)14-21(13-19)26(5,6)24(29)30/h12-15,18H,7-11,16,27H2,1-6H3,(H,29,30). The summed E-state index contributed by atoms with van der Waals surface area (Å²) in [5, 5.41) is 15.9. The van der Waals surface area contributed by atoms with E-state index in [0.717, 1.165) is 33.8 Å². The van der Waals surface area contributed by atoms with Gasteiger partial charge in [-0.1, -0.05) is 46.1 Å². The van der Waals surface area contributed by atoms with Crippen LogP contribution in [0.3, 0.4) is 0 Å². The molecule has 0 amide bonds. The first kappa shape index (κ1) is 23.9. The molecule has 1 heterocycles. The van der Waals surface area contributed by atoms with Crippen molar-refractivity contribution in [2.24, 2.45) is 11.1 Å². The molecule has 0 atom stereocenters. The van der Waals surface area contributed by atoms with Gasteiger partial charge >= 0.3 is 5.97 Å². The van der Waals surface area contributed by atoms with Crippen LogP contribution in [0.25, 0.3) is 11.3 Å². The van der Waals surface area contributed by atoms with E-state index >= 15 is 0 Å². The average molecular weight is 443 g/mol. The van der Waals surface area contributed by atoms with Gasteiger partial charge in [-0.25, -0.2) is 0 Å². The van der Waals surface area contributed by atoms with Gasteiger partial charge in [0.05, 0.1) is 5.41 Å². The molecular formula is C26H38N2O2S. The van der Waals surface area contributed by atoms with Crippen molar-refractivity contribution < 1.29 is 9.90 Å². The van der Waals surface area contributed by atoms with Crippen LogP contribution in [0, 0.1) is 12.8 Å². The Bertz CT molecular complexity index is 947. The van der Waals surface area contributed by atoms with Gasteiger partial charge < -0.3 is 9.67 Å².